The number of primary amides is 1. The zero-order valence-corrected chi connectivity index (χ0v) is 15.6. The molecule has 0 fully saturated rings. The van der Waals surface area contributed by atoms with Crippen LogP contribution in [-0.4, -0.2) is 31.8 Å². The molecule has 2 amide bonds. The molecule has 0 aliphatic carbocycles. The minimum atomic E-state index is -0.379. The number of nitrogens with two attached hydrogens (primary N) is 1. The quantitative estimate of drug-likeness (QED) is 0.684. The van der Waals surface area contributed by atoms with E-state index >= 15 is 0 Å². The first kappa shape index (κ1) is 19.3. The minimum Gasteiger partial charge on any atom is -0.370 e. The first-order chi connectivity index (χ1) is 11.9. The summed E-state index contributed by atoms with van der Waals surface area (Å²) in [5, 5.41) is 12.0. The summed E-state index contributed by atoms with van der Waals surface area (Å²) in [5.41, 5.74) is 5.86. The Bertz CT molecular complexity index is 747. The van der Waals surface area contributed by atoms with E-state index in [-0.39, 0.29) is 23.5 Å². The van der Waals surface area contributed by atoms with E-state index in [1.165, 1.54) is 11.8 Å². The normalized spacial score (nSPS) is 12.0. The standard InChI is InChI=1S/C16H20ClN5O2S/c1-3-22-14(9-8-13(18)23)20-21-16(22)25-10(2)15(24)19-12-6-4-11(17)5-7-12/h4-7,10H,3,8-9H2,1-2H3,(H2,18,23)(H,19,24)/t10-/m0/s1. The lowest BCUT2D eigenvalue weighted by atomic mass is 10.3. The summed E-state index contributed by atoms with van der Waals surface area (Å²) in [6, 6.07) is 6.92. The van der Waals surface area contributed by atoms with Crippen molar-refractivity contribution in [1.29, 1.82) is 0 Å². The topological polar surface area (TPSA) is 103 Å². The van der Waals surface area contributed by atoms with Gasteiger partial charge in [-0.3, -0.25) is 9.59 Å². The Balaban J connectivity index is 2.01. The van der Waals surface area contributed by atoms with Crippen molar-refractivity contribution in [2.24, 2.45) is 5.73 Å². The average molecular weight is 382 g/mol. The van der Waals surface area contributed by atoms with Gasteiger partial charge in [-0.25, -0.2) is 0 Å². The van der Waals surface area contributed by atoms with Crippen LogP contribution in [0.3, 0.4) is 0 Å². The molecule has 0 bridgehead atoms. The van der Waals surface area contributed by atoms with Crippen molar-refractivity contribution in [2.45, 2.75) is 43.6 Å². The van der Waals surface area contributed by atoms with Crippen LogP contribution >= 0.6 is 23.4 Å². The number of hydrogen-bond acceptors (Lipinski definition) is 5. The lowest BCUT2D eigenvalue weighted by Gasteiger charge is -2.12. The second-order valence-corrected chi connectivity index (χ2v) is 7.11. The summed E-state index contributed by atoms with van der Waals surface area (Å²) in [4.78, 5) is 23.3. The molecule has 25 heavy (non-hydrogen) atoms. The van der Waals surface area contributed by atoms with E-state index in [9.17, 15) is 9.59 Å². The van der Waals surface area contributed by atoms with Gasteiger partial charge in [-0.1, -0.05) is 23.4 Å². The van der Waals surface area contributed by atoms with Gasteiger partial charge in [0, 0.05) is 30.1 Å². The summed E-state index contributed by atoms with van der Waals surface area (Å²) < 4.78 is 1.89. The van der Waals surface area contributed by atoms with Gasteiger partial charge in [-0.15, -0.1) is 10.2 Å². The largest absolute Gasteiger partial charge is 0.370 e. The number of halogens is 1. The predicted octanol–water partition coefficient (Wildman–Crippen LogP) is 2.49. The van der Waals surface area contributed by atoms with Crippen LogP contribution in [0.5, 0.6) is 0 Å². The molecule has 7 nitrogen and oxygen atoms in total. The second-order valence-electron chi connectivity index (χ2n) is 5.37. The van der Waals surface area contributed by atoms with Gasteiger partial charge >= 0.3 is 0 Å². The third kappa shape index (κ3) is 5.47. The summed E-state index contributed by atoms with van der Waals surface area (Å²) in [6.45, 7) is 4.41. The van der Waals surface area contributed by atoms with Gasteiger partial charge in [0.15, 0.2) is 5.16 Å². The summed E-state index contributed by atoms with van der Waals surface area (Å²) >= 11 is 7.15. The Hall–Kier alpha value is -2.06. The van der Waals surface area contributed by atoms with Gasteiger partial charge in [0.05, 0.1) is 5.25 Å². The molecule has 0 unspecified atom stereocenters. The summed E-state index contributed by atoms with van der Waals surface area (Å²) in [5.74, 6) is 0.168. The monoisotopic (exact) mass is 381 g/mol. The third-order valence-electron chi connectivity index (χ3n) is 3.47. The van der Waals surface area contributed by atoms with Crippen molar-refractivity contribution in [3.63, 3.8) is 0 Å². The number of aromatic nitrogens is 3. The van der Waals surface area contributed by atoms with Crippen molar-refractivity contribution >= 4 is 40.9 Å². The zero-order valence-electron chi connectivity index (χ0n) is 14.0. The maximum atomic E-state index is 12.3. The number of carbonyl (C=O) groups is 2. The van der Waals surface area contributed by atoms with Gasteiger partial charge in [-0.05, 0) is 38.1 Å². The number of nitrogens with zero attached hydrogens (tertiary/aromatic N) is 3. The molecule has 134 valence electrons. The maximum absolute atomic E-state index is 12.3. The number of thioether (sulfide) groups is 1. The lowest BCUT2D eigenvalue weighted by molar-refractivity contribution is -0.118. The minimum absolute atomic E-state index is 0.142. The van der Waals surface area contributed by atoms with Gasteiger partial charge in [0.25, 0.3) is 0 Å². The highest BCUT2D eigenvalue weighted by Gasteiger charge is 2.20. The molecule has 0 aliphatic rings. The van der Waals surface area contributed by atoms with Crippen molar-refractivity contribution in [3.8, 4) is 0 Å². The average Bonchev–Trinajstić information content (AvgIpc) is 2.96. The Morgan fingerprint density at radius 2 is 2.00 bits per heavy atom. The fraction of sp³-hybridized carbons (Fsp3) is 0.375. The van der Waals surface area contributed by atoms with Crippen LogP contribution in [0.1, 0.15) is 26.1 Å². The smallest absolute Gasteiger partial charge is 0.237 e. The molecular formula is C16H20ClN5O2S. The van der Waals surface area contributed by atoms with Crippen molar-refractivity contribution < 1.29 is 9.59 Å². The third-order valence-corrected chi connectivity index (χ3v) is 4.80. The molecule has 0 aliphatic heterocycles. The molecule has 2 rings (SSSR count). The molecule has 0 radical (unpaired) electrons. The molecule has 1 aromatic carbocycles. The zero-order chi connectivity index (χ0) is 18.4. The van der Waals surface area contributed by atoms with Crippen LogP contribution in [-0.2, 0) is 22.6 Å². The first-order valence-corrected chi connectivity index (χ1v) is 9.10. The molecule has 1 atom stereocenters. The molecular weight excluding hydrogens is 362 g/mol. The van der Waals surface area contributed by atoms with Crippen molar-refractivity contribution in [3.05, 3.63) is 35.1 Å². The predicted molar refractivity (Wildman–Crippen MR) is 98.6 cm³/mol. The van der Waals surface area contributed by atoms with E-state index in [0.717, 1.165) is 0 Å². The van der Waals surface area contributed by atoms with Gasteiger partial charge < -0.3 is 15.6 Å². The van der Waals surface area contributed by atoms with E-state index in [0.29, 0.717) is 34.7 Å². The number of carbonyl (C=O) groups excluding carboxylic acids is 2. The Labute approximate surface area is 155 Å². The number of aryl methyl sites for hydroxylation is 1. The van der Waals surface area contributed by atoms with Crippen LogP contribution < -0.4 is 11.1 Å². The molecule has 0 spiro atoms. The van der Waals surface area contributed by atoms with E-state index in [4.69, 9.17) is 17.3 Å². The Morgan fingerprint density at radius 3 is 2.60 bits per heavy atom. The number of nitrogens with one attached hydrogen (secondary N) is 1. The van der Waals surface area contributed by atoms with E-state index < -0.39 is 0 Å². The van der Waals surface area contributed by atoms with Crippen molar-refractivity contribution in [2.75, 3.05) is 5.32 Å². The SMILES string of the molecule is CCn1c(CCC(N)=O)nnc1S[C@@H](C)C(=O)Nc1ccc(Cl)cc1. The van der Waals surface area contributed by atoms with E-state index in [1.54, 1.807) is 31.2 Å². The molecule has 1 heterocycles. The fourth-order valence-electron chi connectivity index (χ4n) is 2.13. The van der Waals surface area contributed by atoms with Crippen molar-refractivity contribution in [1.82, 2.24) is 14.8 Å². The number of amides is 2. The van der Waals surface area contributed by atoms with E-state index in [2.05, 4.69) is 15.5 Å². The molecule has 1 aromatic heterocycles. The highest BCUT2D eigenvalue weighted by Crippen LogP contribution is 2.24. The number of hydrogen-bond donors (Lipinski definition) is 2. The maximum Gasteiger partial charge on any atom is 0.237 e. The first-order valence-electron chi connectivity index (χ1n) is 7.84. The van der Waals surface area contributed by atoms with Crippen LogP contribution in [0.4, 0.5) is 5.69 Å². The molecule has 2 aromatic rings. The second kappa shape index (κ2) is 8.87. The number of rotatable bonds is 8. The van der Waals surface area contributed by atoms with Crippen LogP contribution in [0.15, 0.2) is 29.4 Å². The highest BCUT2D eigenvalue weighted by molar-refractivity contribution is 8.00. The van der Waals surface area contributed by atoms with Crippen LogP contribution in [0, 0.1) is 0 Å². The molecule has 0 saturated carbocycles. The summed E-state index contributed by atoms with van der Waals surface area (Å²) in [6.07, 6.45) is 0.650. The lowest BCUT2D eigenvalue weighted by Crippen LogP contribution is -2.23. The fourth-order valence-corrected chi connectivity index (χ4v) is 3.19. The molecule has 0 saturated heterocycles. The van der Waals surface area contributed by atoms with Gasteiger partial charge in [-0.2, -0.15) is 0 Å². The Morgan fingerprint density at radius 1 is 1.32 bits per heavy atom. The van der Waals surface area contributed by atoms with E-state index in [1.807, 2.05) is 11.5 Å². The number of benzene rings is 1. The van der Waals surface area contributed by atoms with Crippen LogP contribution in [0.2, 0.25) is 5.02 Å². The van der Waals surface area contributed by atoms with Crippen LogP contribution in [0.25, 0.3) is 0 Å². The molecule has 3 N–H and O–H groups in total. The highest BCUT2D eigenvalue weighted by atomic mass is 35.5. The Kier molecular flexibility index (Phi) is 6.83. The summed E-state index contributed by atoms with van der Waals surface area (Å²) in [7, 11) is 0. The molecule has 9 heteroatoms. The van der Waals surface area contributed by atoms with Gasteiger partial charge in [0.2, 0.25) is 11.8 Å². The van der Waals surface area contributed by atoms with Gasteiger partial charge in [0.1, 0.15) is 5.82 Å². The number of anilines is 1.